The first kappa shape index (κ1) is 7.73. The van der Waals surface area contributed by atoms with E-state index in [4.69, 9.17) is 0 Å². The van der Waals surface area contributed by atoms with Gasteiger partial charge in [-0.15, -0.1) is 0 Å². The third-order valence-electron chi connectivity index (χ3n) is 1.30. The van der Waals surface area contributed by atoms with Crippen molar-refractivity contribution in [2.75, 3.05) is 6.67 Å². The molecule has 1 aromatic rings. The molecule has 0 nitrogen and oxygen atoms in total. The van der Waals surface area contributed by atoms with Gasteiger partial charge in [-0.25, -0.2) is 4.39 Å². The van der Waals surface area contributed by atoms with E-state index in [1.807, 2.05) is 30.3 Å². The first-order valence-electron chi connectivity index (χ1n) is 3.09. The van der Waals surface area contributed by atoms with E-state index in [-0.39, 0.29) is 11.5 Å². The van der Waals surface area contributed by atoms with E-state index in [1.54, 1.807) is 0 Å². The van der Waals surface area contributed by atoms with Crippen LogP contribution in [0.4, 0.5) is 4.39 Å². The molecule has 10 heavy (non-hydrogen) atoms. The quantitative estimate of drug-likeness (QED) is 0.648. The predicted molar refractivity (Wildman–Crippen MR) is 44.1 cm³/mol. The summed E-state index contributed by atoms with van der Waals surface area (Å²) in [5.41, 5.74) is 0.991. The largest absolute Gasteiger partial charge is 0.250 e. The Morgan fingerprint density at radius 3 is 2.40 bits per heavy atom. The minimum Gasteiger partial charge on any atom is -0.250 e. The maximum atomic E-state index is 12.0. The van der Waals surface area contributed by atoms with Crippen LogP contribution in [-0.4, -0.2) is 6.67 Å². The lowest BCUT2D eigenvalue weighted by molar-refractivity contribution is 0.493. The molecule has 0 aliphatic carbocycles. The second kappa shape index (κ2) is 3.71. The molecule has 54 valence electrons. The number of hydrogen-bond donors (Lipinski definition) is 0. The molecule has 1 rings (SSSR count). The smallest absolute Gasteiger partial charge is 0.106 e. The van der Waals surface area contributed by atoms with E-state index < -0.39 is 0 Å². The van der Waals surface area contributed by atoms with Crippen molar-refractivity contribution < 1.29 is 4.39 Å². The lowest BCUT2D eigenvalue weighted by Gasteiger charge is -2.02. The molecule has 0 heterocycles. The molecule has 0 amide bonds. The van der Waals surface area contributed by atoms with Crippen LogP contribution >= 0.6 is 15.9 Å². The molecule has 0 aromatic heterocycles. The van der Waals surface area contributed by atoms with Gasteiger partial charge in [0.2, 0.25) is 0 Å². The molecule has 2 heteroatoms. The van der Waals surface area contributed by atoms with Gasteiger partial charge in [0.05, 0.1) is 4.83 Å². The third kappa shape index (κ3) is 1.81. The highest BCUT2D eigenvalue weighted by atomic mass is 79.9. The van der Waals surface area contributed by atoms with Crippen LogP contribution in [0.15, 0.2) is 30.3 Å². The van der Waals surface area contributed by atoms with Gasteiger partial charge in [0.1, 0.15) is 6.67 Å². The zero-order valence-corrected chi connectivity index (χ0v) is 7.01. The monoisotopic (exact) mass is 202 g/mol. The summed E-state index contributed by atoms with van der Waals surface area (Å²) >= 11 is 3.21. The van der Waals surface area contributed by atoms with Crippen molar-refractivity contribution in [2.45, 2.75) is 4.83 Å². The van der Waals surface area contributed by atoms with Crippen molar-refractivity contribution in [1.82, 2.24) is 0 Å². The molecule has 1 unspecified atom stereocenters. The molecular weight excluding hydrogens is 195 g/mol. The van der Waals surface area contributed by atoms with Gasteiger partial charge in [-0.2, -0.15) is 0 Å². The van der Waals surface area contributed by atoms with Crippen molar-refractivity contribution >= 4 is 15.9 Å². The van der Waals surface area contributed by atoms with Crippen molar-refractivity contribution in [2.24, 2.45) is 0 Å². The van der Waals surface area contributed by atoms with Gasteiger partial charge in [-0.1, -0.05) is 46.3 Å². The van der Waals surface area contributed by atoms with Gasteiger partial charge in [-0.3, -0.25) is 0 Å². The fraction of sp³-hybridized carbons (Fsp3) is 0.250. The number of rotatable bonds is 2. The first-order chi connectivity index (χ1) is 4.84. The Morgan fingerprint density at radius 2 is 1.90 bits per heavy atom. The normalized spacial score (nSPS) is 13.0. The summed E-state index contributed by atoms with van der Waals surface area (Å²) in [4.78, 5) is -0.145. The van der Waals surface area contributed by atoms with Crippen LogP contribution in [0.3, 0.4) is 0 Å². The Balaban J connectivity index is 2.75. The van der Waals surface area contributed by atoms with Crippen molar-refractivity contribution in [3.05, 3.63) is 35.9 Å². The van der Waals surface area contributed by atoms with E-state index in [0.29, 0.717) is 0 Å². The number of alkyl halides is 2. The van der Waals surface area contributed by atoms with Gasteiger partial charge in [0.15, 0.2) is 0 Å². The van der Waals surface area contributed by atoms with Gasteiger partial charge >= 0.3 is 0 Å². The fourth-order valence-electron chi connectivity index (χ4n) is 0.751. The standard InChI is InChI=1S/C8H8BrF/c9-8(6-10)7-4-2-1-3-5-7/h1-5,8H,6H2. The Hall–Kier alpha value is -0.370. The molecule has 0 fully saturated rings. The average Bonchev–Trinajstić information content (AvgIpc) is 2.05. The van der Waals surface area contributed by atoms with Crippen LogP contribution in [0.1, 0.15) is 10.4 Å². The average molecular weight is 203 g/mol. The van der Waals surface area contributed by atoms with Crippen LogP contribution in [0.25, 0.3) is 0 Å². The lowest BCUT2D eigenvalue weighted by atomic mass is 10.2. The number of hydrogen-bond acceptors (Lipinski definition) is 0. The molecule has 0 radical (unpaired) electrons. The molecule has 0 saturated carbocycles. The predicted octanol–water partition coefficient (Wildman–Crippen LogP) is 3.09. The van der Waals surface area contributed by atoms with Crippen molar-refractivity contribution in [1.29, 1.82) is 0 Å². The van der Waals surface area contributed by atoms with E-state index in [2.05, 4.69) is 15.9 Å². The summed E-state index contributed by atoms with van der Waals surface area (Å²) in [5, 5.41) is 0. The van der Waals surface area contributed by atoms with Gasteiger partial charge < -0.3 is 0 Å². The zero-order valence-electron chi connectivity index (χ0n) is 5.43. The molecule has 0 N–H and O–H groups in total. The second-order valence-corrected chi connectivity index (χ2v) is 3.14. The minimum absolute atomic E-state index is 0.145. The van der Waals surface area contributed by atoms with Gasteiger partial charge in [0, 0.05) is 0 Å². The Labute approximate surface area is 68.2 Å². The van der Waals surface area contributed by atoms with Crippen LogP contribution in [0.5, 0.6) is 0 Å². The van der Waals surface area contributed by atoms with E-state index >= 15 is 0 Å². The Kier molecular flexibility index (Phi) is 2.87. The maximum Gasteiger partial charge on any atom is 0.106 e. The van der Waals surface area contributed by atoms with E-state index in [0.717, 1.165) is 5.56 Å². The van der Waals surface area contributed by atoms with Crippen LogP contribution in [0.2, 0.25) is 0 Å². The summed E-state index contributed by atoms with van der Waals surface area (Å²) in [6.07, 6.45) is 0. The van der Waals surface area contributed by atoms with E-state index in [1.165, 1.54) is 0 Å². The van der Waals surface area contributed by atoms with Crippen molar-refractivity contribution in [3.8, 4) is 0 Å². The molecule has 0 saturated heterocycles. The fourth-order valence-corrected chi connectivity index (χ4v) is 1.06. The first-order valence-corrected chi connectivity index (χ1v) is 4.01. The molecule has 0 spiro atoms. The van der Waals surface area contributed by atoms with Crippen LogP contribution < -0.4 is 0 Å². The highest BCUT2D eigenvalue weighted by Gasteiger charge is 2.03. The zero-order chi connectivity index (χ0) is 7.40. The minimum atomic E-state index is -0.357. The highest BCUT2D eigenvalue weighted by molar-refractivity contribution is 9.09. The number of halogens is 2. The molecule has 1 atom stereocenters. The Bertz CT molecular complexity index is 186. The summed E-state index contributed by atoms with van der Waals surface area (Å²) < 4.78 is 12.0. The molecule has 0 bridgehead atoms. The summed E-state index contributed by atoms with van der Waals surface area (Å²) in [5.74, 6) is 0. The summed E-state index contributed by atoms with van der Waals surface area (Å²) in [7, 11) is 0. The van der Waals surface area contributed by atoms with Crippen molar-refractivity contribution in [3.63, 3.8) is 0 Å². The topological polar surface area (TPSA) is 0 Å². The van der Waals surface area contributed by atoms with Gasteiger partial charge in [0.25, 0.3) is 0 Å². The van der Waals surface area contributed by atoms with Crippen LogP contribution in [0, 0.1) is 0 Å². The second-order valence-electron chi connectivity index (χ2n) is 2.03. The SMILES string of the molecule is FCC(Br)c1ccccc1. The molecule has 0 aliphatic rings. The lowest BCUT2D eigenvalue weighted by Crippen LogP contribution is -1.89. The molecule has 1 aromatic carbocycles. The molecular formula is C8H8BrF. The maximum absolute atomic E-state index is 12.0. The summed E-state index contributed by atoms with van der Waals surface area (Å²) in [6.45, 7) is -0.357. The van der Waals surface area contributed by atoms with Gasteiger partial charge in [-0.05, 0) is 5.56 Å². The summed E-state index contributed by atoms with van der Waals surface area (Å²) in [6, 6.07) is 9.53. The Morgan fingerprint density at radius 1 is 1.30 bits per heavy atom. The molecule has 0 aliphatic heterocycles. The van der Waals surface area contributed by atoms with Crippen LogP contribution in [-0.2, 0) is 0 Å². The third-order valence-corrected chi connectivity index (χ3v) is 2.07. The van der Waals surface area contributed by atoms with E-state index in [9.17, 15) is 4.39 Å². The highest BCUT2D eigenvalue weighted by Crippen LogP contribution is 2.21. The number of benzene rings is 1.